The summed E-state index contributed by atoms with van der Waals surface area (Å²) in [5.74, 6) is 1.44. The third-order valence-electron chi connectivity index (χ3n) is 3.57. The van der Waals surface area contributed by atoms with Crippen LogP contribution in [0.3, 0.4) is 0 Å². The average molecular weight is 285 g/mol. The Morgan fingerprint density at radius 1 is 0.905 bits per heavy atom. The van der Waals surface area contributed by atoms with E-state index in [1.807, 2.05) is 18.2 Å². The minimum atomic E-state index is -0.0639. The number of ether oxygens (including phenoxy) is 2. The second-order valence-corrected chi connectivity index (χ2v) is 5.42. The fourth-order valence-corrected chi connectivity index (χ4v) is 2.64. The lowest BCUT2D eigenvalue weighted by Crippen LogP contribution is -2.13. The van der Waals surface area contributed by atoms with E-state index in [9.17, 15) is 0 Å². The minimum absolute atomic E-state index is 0.0639. The normalized spacial score (nSPS) is 12.0. The Kier molecular flexibility index (Phi) is 4.86. The standard InChI is InChI=1S/C18H23NO2/c1-12-7-13(2)9-14(8-12)10-16(19)15-5-6-17(20-3)18(11-15)21-4/h5-9,11,16H,10,19H2,1-4H3. The first-order valence-corrected chi connectivity index (χ1v) is 7.08. The van der Waals surface area contributed by atoms with E-state index in [0.717, 1.165) is 17.7 Å². The summed E-state index contributed by atoms with van der Waals surface area (Å²) in [6.45, 7) is 4.22. The molecular formula is C18H23NO2. The molecule has 2 rings (SSSR count). The van der Waals surface area contributed by atoms with E-state index in [2.05, 4.69) is 32.0 Å². The smallest absolute Gasteiger partial charge is 0.161 e. The lowest BCUT2D eigenvalue weighted by atomic mass is 9.97. The molecule has 0 aromatic heterocycles. The van der Waals surface area contributed by atoms with Crippen molar-refractivity contribution in [3.8, 4) is 11.5 Å². The average Bonchev–Trinajstić information content (AvgIpc) is 2.45. The Labute approximate surface area is 126 Å². The molecule has 0 aliphatic carbocycles. The van der Waals surface area contributed by atoms with Crippen LogP contribution >= 0.6 is 0 Å². The van der Waals surface area contributed by atoms with E-state index >= 15 is 0 Å². The van der Waals surface area contributed by atoms with Crippen molar-refractivity contribution in [2.75, 3.05) is 14.2 Å². The molecule has 0 spiro atoms. The molecule has 2 aromatic carbocycles. The minimum Gasteiger partial charge on any atom is -0.493 e. The Morgan fingerprint density at radius 3 is 2.10 bits per heavy atom. The first kappa shape index (κ1) is 15.4. The van der Waals surface area contributed by atoms with Gasteiger partial charge in [-0.25, -0.2) is 0 Å². The van der Waals surface area contributed by atoms with Crippen LogP contribution in [-0.2, 0) is 6.42 Å². The zero-order valence-corrected chi connectivity index (χ0v) is 13.1. The van der Waals surface area contributed by atoms with Crippen molar-refractivity contribution in [2.45, 2.75) is 26.3 Å². The molecule has 112 valence electrons. The summed E-state index contributed by atoms with van der Waals surface area (Å²) in [4.78, 5) is 0. The van der Waals surface area contributed by atoms with Crippen molar-refractivity contribution >= 4 is 0 Å². The van der Waals surface area contributed by atoms with Crippen molar-refractivity contribution in [1.29, 1.82) is 0 Å². The van der Waals surface area contributed by atoms with Gasteiger partial charge in [-0.2, -0.15) is 0 Å². The van der Waals surface area contributed by atoms with Crippen LogP contribution < -0.4 is 15.2 Å². The Balaban J connectivity index is 2.21. The first-order valence-electron chi connectivity index (χ1n) is 7.08. The van der Waals surface area contributed by atoms with E-state index in [1.165, 1.54) is 16.7 Å². The van der Waals surface area contributed by atoms with Crippen LogP contribution in [0.5, 0.6) is 11.5 Å². The van der Waals surface area contributed by atoms with Crippen molar-refractivity contribution in [3.05, 3.63) is 58.7 Å². The number of hydrogen-bond acceptors (Lipinski definition) is 3. The number of aryl methyl sites for hydroxylation is 2. The lowest BCUT2D eigenvalue weighted by molar-refractivity contribution is 0.354. The number of rotatable bonds is 5. The highest BCUT2D eigenvalue weighted by Gasteiger charge is 2.11. The fourth-order valence-electron chi connectivity index (χ4n) is 2.64. The topological polar surface area (TPSA) is 44.5 Å². The molecule has 0 heterocycles. The largest absolute Gasteiger partial charge is 0.493 e. The fraction of sp³-hybridized carbons (Fsp3) is 0.333. The van der Waals surface area contributed by atoms with E-state index < -0.39 is 0 Å². The molecule has 0 bridgehead atoms. The van der Waals surface area contributed by atoms with Crippen molar-refractivity contribution in [1.82, 2.24) is 0 Å². The maximum Gasteiger partial charge on any atom is 0.161 e. The summed E-state index contributed by atoms with van der Waals surface area (Å²) in [6, 6.07) is 12.3. The zero-order chi connectivity index (χ0) is 15.4. The van der Waals surface area contributed by atoms with Gasteiger partial charge in [-0.15, -0.1) is 0 Å². The van der Waals surface area contributed by atoms with Crippen LogP contribution in [0.15, 0.2) is 36.4 Å². The SMILES string of the molecule is COc1ccc(C(N)Cc2cc(C)cc(C)c2)cc1OC. The molecule has 0 aliphatic rings. The van der Waals surface area contributed by atoms with Crippen molar-refractivity contribution in [2.24, 2.45) is 5.73 Å². The second kappa shape index (κ2) is 6.64. The van der Waals surface area contributed by atoms with Crippen LogP contribution in [-0.4, -0.2) is 14.2 Å². The number of nitrogens with two attached hydrogens (primary N) is 1. The summed E-state index contributed by atoms with van der Waals surface area (Å²) >= 11 is 0. The van der Waals surface area contributed by atoms with E-state index in [0.29, 0.717) is 5.75 Å². The summed E-state index contributed by atoms with van der Waals surface area (Å²) in [7, 11) is 3.27. The molecule has 21 heavy (non-hydrogen) atoms. The number of hydrogen-bond donors (Lipinski definition) is 1. The van der Waals surface area contributed by atoms with E-state index in [-0.39, 0.29) is 6.04 Å². The third kappa shape index (κ3) is 3.76. The number of benzene rings is 2. The summed E-state index contributed by atoms with van der Waals surface area (Å²) in [5, 5.41) is 0. The molecule has 0 saturated carbocycles. The lowest BCUT2D eigenvalue weighted by Gasteiger charge is -2.16. The summed E-state index contributed by atoms with van der Waals surface area (Å²) < 4.78 is 10.6. The molecule has 2 N–H and O–H groups in total. The Hall–Kier alpha value is -2.00. The van der Waals surface area contributed by atoms with Gasteiger partial charge in [0.05, 0.1) is 14.2 Å². The van der Waals surface area contributed by atoms with Crippen LogP contribution in [0.25, 0.3) is 0 Å². The highest BCUT2D eigenvalue weighted by molar-refractivity contribution is 5.44. The Bertz CT molecular complexity index is 602. The molecule has 0 aliphatic heterocycles. The molecule has 0 saturated heterocycles. The summed E-state index contributed by atoms with van der Waals surface area (Å²) in [5.41, 5.74) is 11.2. The maximum absolute atomic E-state index is 6.35. The molecule has 3 heteroatoms. The van der Waals surface area contributed by atoms with E-state index in [1.54, 1.807) is 14.2 Å². The highest BCUT2D eigenvalue weighted by Crippen LogP contribution is 2.30. The highest BCUT2D eigenvalue weighted by atomic mass is 16.5. The summed E-state index contributed by atoms with van der Waals surface area (Å²) in [6.07, 6.45) is 0.804. The Morgan fingerprint density at radius 2 is 1.52 bits per heavy atom. The van der Waals surface area contributed by atoms with Crippen molar-refractivity contribution in [3.63, 3.8) is 0 Å². The van der Waals surface area contributed by atoms with Crippen LogP contribution in [0.4, 0.5) is 0 Å². The quantitative estimate of drug-likeness (QED) is 0.913. The number of methoxy groups -OCH3 is 2. The van der Waals surface area contributed by atoms with E-state index in [4.69, 9.17) is 15.2 Å². The van der Waals surface area contributed by atoms with Gasteiger partial charge >= 0.3 is 0 Å². The molecule has 0 fully saturated rings. The molecular weight excluding hydrogens is 262 g/mol. The predicted molar refractivity (Wildman–Crippen MR) is 86.1 cm³/mol. The van der Waals surface area contributed by atoms with Gasteiger partial charge in [0.25, 0.3) is 0 Å². The first-order chi connectivity index (χ1) is 10.0. The van der Waals surface area contributed by atoms with Gasteiger partial charge in [0, 0.05) is 6.04 Å². The van der Waals surface area contributed by atoms with Gasteiger partial charge in [0.1, 0.15) is 0 Å². The van der Waals surface area contributed by atoms with Crippen LogP contribution in [0, 0.1) is 13.8 Å². The zero-order valence-electron chi connectivity index (χ0n) is 13.1. The maximum atomic E-state index is 6.35. The van der Waals surface area contributed by atoms with Crippen molar-refractivity contribution < 1.29 is 9.47 Å². The van der Waals surface area contributed by atoms with Crippen LogP contribution in [0.2, 0.25) is 0 Å². The van der Waals surface area contributed by atoms with Gasteiger partial charge in [0.15, 0.2) is 11.5 Å². The molecule has 3 nitrogen and oxygen atoms in total. The van der Waals surface area contributed by atoms with Gasteiger partial charge in [-0.1, -0.05) is 35.4 Å². The molecule has 2 aromatic rings. The molecule has 0 amide bonds. The molecule has 1 atom stereocenters. The molecule has 0 radical (unpaired) electrons. The van der Waals surface area contributed by atoms with Gasteiger partial charge in [0.2, 0.25) is 0 Å². The monoisotopic (exact) mass is 285 g/mol. The van der Waals surface area contributed by atoms with Crippen LogP contribution in [0.1, 0.15) is 28.3 Å². The second-order valence-electron chi connectivity index (χ2n) is 5.42. The molecule has 1 unspecified atom stereocenters. The van der Waals surface area contributed by atoms with Gasteiger partial charge in [-0.3, -0.25) is 0 Å². The van der Waals surface area contributed by atoms with Gasteiger partial charge in [-0.05, 0) is 43.5 Å². The third-order valence-corrected chi connectivity index (χ3v) is 3.57. The predicted octanol–water partition coefficient (Wildman–Crippen LogP) is 3.56. The van der Waals surface area contributed by atoms with Gasteiger partial charge < -0.3 is 15.2 Å².